The molecule has 0 amide bonds. The number of hydrogen-bond acceptors (Lipinski definition) is 0. The number of hydrogen-bond donors (Lipinski definition) is 0. The second-order valence-corrected chi connectivity index (χ2v) is 8.45. The van der Waals surface area contributed by atoms with Crippen molar-refractivity contribution in [1.29, 1.82) is 0 Å². The molecule has 6 unspecified atom stereocenters. The highest BCUT2D eigenvalue weighted by atomic mass is 14.6. The Hall–Kier alpha value is -0.520. The summed E-state index contributed by atoms with van der Waals surface area (Å²) in [6, 6.07) is 0. The minimum absolute atomic E-state index is 0.526. The Kier molecular flexibility index (Phi) is 3.63. The average molecular weight is 272 g/mol. The lowest BCUT2D eigenvalue weighted by Crippen LogP contribution is -2.40. The van der Waals surface area contributed by atoms with Crippen molar-refractivity contribution in [3.63, 3.8) is 0 Å². The van der Waals surface area contributed by atoms with Crippen molar-refractivity contribution < 1.29 is 0 Å². The second-order valence-electron chi connectivity index (χ2n) is 8.45. The Morgan fingerprint density at radius 2 is 1.95 bits per heavy atom. The quantitative estimate of drug-likeness (QED) is 0.549. The zero-order valence-corrected chi connectivity index (χ0v) is 13.9. The zero-order valence-electron chi connectivity index (χ0n) is 13.9. The van der Waals surface area contributed by atoms with Gasteiger partial charge in [0.2, 0.25) is 0 Å². The van der Waals surface area contributed by atoms with Crippen molar-refractivity contribution in [2.45, 2.75) is 66.2 Å². The van der Waals surface area contributed by atoms with Gasteiger partial charge in [-0.3, -0.25) is 0 Å². The third kappa shape index (κ3) is 2.11. The maximum Gasteiger partial charge on any atom is -0.0103 e. The molecule has 3 aliphatic carbocycles. The van der Waals surface area contributed by atoms with Crippen LogP contribution in [0.4, 0.5) is 0 Å². The van der Waals surface area contributed by atoms with E-state index in [2.05, 4.69) is 40.3 Å². The van der Waals surface area contributed by atoms with Crippen molar-refractivity contribution in [3.8, 4) is 0 Å². The summed E-state index contributed by atoms with van der Waals surface area (Å²) in [4.78, 5) is 0. The fourth-order valence-corrected chi connectivity index (χ4v) is 5.82. The van der Waals surface area contributed by atoms with Crippen molar-refractivity contribution in [2.75, 3.05) is 0 Å². The predicted molar refractivity (Wildman–Crippen MR) is 87.5 cm³/mol. The van der Waals surface area contributed by atoms with Crippen LogP contribution in [-0.2, 0) is 0 Å². The fourth-order valence-electron chi connectivity index (χ4n) is 5.82. The van der Waals surface area contributed by atoms with Crippen molar-refractivity contribution in [3.05, 3.63) is 23.8 Å². The molecule has 0 N–H and O–H groups in total. The standard InChI is InChI=1S/C20H32/c1-13(2)16-10-11-20(5)18(16)9-7-15(4)17-8-6-14(3)12-19(17)20/h10,14-15,17-19H,1,6-9,11-12H2,2-5H3. The largest absolute Gasteiger partial charge is 0.0958 e. The molecule has 0 bridgehead atoms. The number of fused-ring (bicyclic) bond motifs is 3. The van der Waals surface area contributed by atoms with E-state index in [1.54, 1.807) is 5.57 Å². The molecule has 0 spiro atoms. The van der Waals surface area contributed by atoms with E-state index in [0.717, 1.165) is 29.6 Å². The lowest BCUT2D eigenvalue weighted by atomic mass is 9.57. The Bertz CT molecular complexity index is 429. The summed E-state index contributed by atoms with van der Waals surface area (Å²) in [5.41, 5.74) is 3.46. The maximum atomic E-state index is 4.26. The first-order valence-electron chi connectivity index (χ1n) is 8.79. The third-order valence-corrected chi connectivity index (χ3v) is 7.08. The van der Waals surface area contributed by atoms with Crippen molar-refractivity contribution >= 4 is 0 Å². The van der Waals surface area contributed by atoms with E-state index in [-0.39, 0.29) is 0 Å². The summed E-state index contributed by atoms with van der Waals surface area (Å²) in [6.07, 6.45) is 11.1. The average Bonchev–Trinajstić information content (AvgIpc) is 2.70. The van der Waals surface area contributed by atoms with E-state index in [1.807, 2.05) is 0 Å². The Balaban J connectivity index is 1.95. The smallest absolute Gasteiger partial charge is 0.0103 e. The normalized spacial score (nSPS) is 48.0. The zero-order chi connectivity index (χ0) is 14.5. The van der Waals surface area contributed by atoms with Gasteiger partial charge < -0.3 is 0 Å². The van der Waals surface area contributed by atoms with Gasteiger partial charge >= 0.3 is 0 Å². The molecule has 112 valence electrons. The number of rotatable bonds is 1. The van der Waals surface area contributed by atoms with E-state index in [9.17, 15) is 0 Å². The van der Waals surface area contributed by atoms with Gasteiger partial charge in [0.15, 0.2) is 0 Å². The van der Waals surface area contributed by atoms with Gasteiger partial charge in [-0.2, -0.15) is 0 Å². The molecule has 0 aromatic rings. The molecule has 3 aliphatic rings. The summed E-state index contributed by atoms with van der Waals surface area (Å²) in [7, 11) is 0. The van der Waals surface area contributed by atoms with Crippen LogP contribution in [0.2, 0.25) is 0 Å². The first-order valence-corrected chi connectivity index (χ1v) is 8.79. The SMILES string of the molecule is C=C(C)C1=CCC2(C)C1CCC(C)C1CCC(C)CC12. The highest BCUT2D eigenvalue weighted by molar-refractivity contribution is 5.36. The fraction of sp³-hybridized carbons (Fsp3) is 0.800. The van der Waals surface area contributed by atoms with Gasteiger partial charge in [0, 0.05) is 0 Å². The minimum atomic E-state index is 0.526. The van der Waals surface area contributed by atoms with Gasteiger partial charge in [-0.1, -0.05) is 45.4 Å². The van der Waals surface area contributed by atoms with E-state index in [4.69, 9.17) is 0 Å². The van der Waals surface area contributed by atoms with E-state index in [1.165, 1.54) is 44.1 Å². The lowest BCUT2D eigenvalue weighted by Gasteiger charge is -2.47. The third-order valence-electron chi connectivity index (χ3n) is 7.08. The highest BCUT2D eigenvalue weighted by Gasteiger charge is 2.52. The van der Waals surface area contributed by atoms with Gasteiger partial charge in [0.05, 0.1) is 0 Å². The monoisotopic (exact) mass is 272 g/mol. The van der Waals surface area contributed by atoms with Crippen molar-refractivity contribution in [2.24, 2.45) is 35.0 Å². The second kappa shape index (κ2) is 5.04. The first-order chi connectivity index (χ1) is 9.43. The molecule has 3 rings (SSSR count). The van der Waals surface area contributed by atoms with Gasteiger partial charge in [0.1, 0.15) is 0 Å². The molecule has 0 aromatic heterocycles. The van der Waals surface area contributed by atoms with Crippen molar-refractivity contribution in [1.82, 2.24) is 0 Å². The van der Waals surface area contributed by atoms with Gasteiger partial charge in [-0.15, -0.1) is 0 Å². The van der Waals surface area contributed by atoms with Crippen LogP contribution in [0, 0.1) is 35.0 Å². The topological polar surface area (TPSA) is 0 Å². The number of allylic oxidation sites excluding steroid dienone is 3. The summed E-state index contributed by atoms with van der Waals surface area (Å²) >= 11 is 0. The molecular formula is C20H32. The van der Waals surface area contributed by atoms with Gasteiger partial charge in [-0.25, -0.2) is 0 Å². The molecule has 0 aliphatic heterocycles. The molecule has 0 heteroatoms. The van der Waals surface area contributed by atoms with Crippen LogP contribution in [-0.4, -0.2) is 0 Å². The Morgan fingerprint density at radius 3 is 2.65 bits per heavy atom. The van der Waals surface area contributed by atoms with Crippen LogP contribution in [0.15, 0.2) is 23.8 Å². The Labute approximate surface area is 125 Å². The van der Waals surface area contributed by atoms with Crippen LogP contribution in [0.1, 0.15) is 66.2 Å². The first kappa shape index (κ1) is 14.4. The van der Waals surface area contributed by atoms with Gasteiger partial charge in [-0.05, 0) is 79.6 Å². The minimum Gasteiger partial charge on any atom is -0.0958 e. The van der Waals surface area contributed by atoms with E-state index >= 15 is 0 Å². The van der Waals surface area contributed by atoms with Gasteiger partial charge in [0.25, 0.3) is 0 Å². The van der Waals surface area contributed by atoms with E-state index in [0.29, 0.717) is 5.41 Å². The Morgan fingerprint density at radius 1 is 1.20 bits per heavy atom. The van der Waals surface area contributed by atoms with Crippen LogP contribution in [0.25, 0.3) is 0 Å². The lowest BCUT2D eigenvalue weighted by molar-refractivity contribution is 0.0270. The van der Waals surface area contributed by atoms with Crippen LogP contribution < -0.4 is 0 Å². The molecule has 0 heterocycles. The highest BCUT2D eigenvalue weighted by Crippen LogP contribution is 2.61. The molecular weight excluding hydrogens is 240 g/mol. The molecule has 2 saturated carbocycles. The molecule has 20 heavy (non-hydrogen) atoms. The molecule has 6 atom stereocenters. The van der Waals surface area contributed by atoms with E-state index < -0.39 is 0 Å². The summed E-state index contributed by atoms with van der Waals surface area (Å²) in [5.74, 6) is 4.60. The molecule has 0 radical (unpaired) electrons. The molecule has 0 aromatic carbocycles. The summed E-state index contributed by atoms with van der Waals surface area (Å²) in [6.45, 7) is 14.1. The summed E-state index contributed by atoms with van der Waals surface area (Å²) < 4.78 is 0. The summed E-state index contributed by atoms with van der Waals surface area (Å²) in [5, 5.41) is 0. The predicted octanol–water partition coefficient (Wildman–Crippen LogP) is 6.00. The van der Waals surface area contributed by atoms with Crippen LogP contribution in [0.3, 0.4) is 0 Å². The molecule has 2 fully saturated rings. The van der Waals surface area contributed by atoms with Crippen LogP contribution in [0.5, 0.6) is 0 Å². The molecule has 0 saturated heterocycles. The maximum absolute atomic E-state index is 4.26. The molecule has 0 nitrogen and oxygen atoms in total. The van der Waals surface area contributed by atoms with Crippen LogP contribution >= 0.6 is 0 Å².